The summed E-state index contributed by atoms with van der Waals surface area (Å²) in [6.45, 7) is 1.71. The van der Waals surface area contributed by atoms with Crippen LogP contribution >= 0.6 is 0 Å². The number of sulfone groups is 1. The van der Waals surface area contributed by atoms with Crippen LogP contribution in [0.5, 0.6) is 0 Å². The predicted octanol–water partition coefficient (Wildman–Crippen LogP) is 3.07. The van der Waals surface area contributed by atoms with E-state index in [0.717, 1.165) is 37.2 Å². The van der Waals surface area contributed by atoms with Crippen LogP contribution in [-0.2, 0) is 14.6 Å². The molecule has 158 valence electrons. The van der Waals surface area contributed by atoms with Crippen molar-refractivity contribution in [2.24, 2.45) is 0 Å². The number of anilines is 1. The number of carbonyl (C=O) groups excluding carboxylic acids is 1. The van der Waals surface area contributed by atoms with Crippen LogP contribution in [0.4, 0.5) is 5.69 Å². The van der Waals surface area contributed by atoms with Gasteiger partial charge < -0.3 is 14.2 Å². The van der Waals surface area contributed by atoms with Crippen LogP contribution in [-0.4, -0.2) is 56.1 Å². The van der Waals surface area contributed by atoms with Gasteiger partial charge in [-0.15, -0.1) is 0 Å². The molecule has 1 aliphatic carbocycles. The Labute approximate surface area is 176 Å². The SMILES string of the molecule is CN(C(=O)CCS(=O)(=O)c1ccc2coccc1-2)C1CCN(c2ccncc2)CC1. The number of hydrogen-bond acceptors (Lipinski definition) is 6. The van der Waals surface area contributed by atoms with E-state index in [1.807, 2.05) is 12.1 Å². The molecule has 0 bridgehead atoms. The molecule has 3 aliphatic rings. The van der Waals surface area contributed by atoms with Crippen molar-refractivity contribution in [1.29, 1.82) is 0 Å². The van der Waals surface area contributed by atoms with Crippen molar-refractivity contribution in [3.05, 3.63) is 55.3 Å². The van der Waals surface area contributed by atoms with Gasteiger partial charge in [0.15, 0.2) is 9.84 Å². The van der Waals surface area contributed by atoms with E-state index in [9.17, 15) is 13.2 Å². The van der Waals surface area contributed by atoms with Gasteiger partial charge in [0.25, 0.3) is 0 Å². The minimum absolute atomic E-state index is 0.0206. The largest absolute Gasteiger partial charge is 0.472 e. The first-order chi connectivity index (χ1) is 14.5. The molecule has 0 N–H and O–H groups in total. The average molecular weight is 428 g/mol. The predicted molar refractivity (Wildman–Crippen MR) is 114 cm³/mol. The number of amides is 1. The summed E-state index contributed by atoms with van der Waals surface area (Å²) in [5, 5.41) is 0. The number of carbonyl (C=O) groups is 1. The lowest BCUT2D eigenvalue weighted by atomic mass is 10.0. The zero-order valence-electron chi connectivity index (χ0n) is 16.9. The van der Waals surface area contributed by atoms with E-state index in [2.05, 4.69) is 9.88 Å². The van der Waals surface area contributed by atoms with E-state index in [-0.39, 0.29) is 29.0 Å². The Morgan fingerprint density at radius 1 is 1.17 bits per heavy atom. The fourth-order valence-corrected chi connectivity index (χ4v) is 5.50. The Morgan fingerprint density at radius 3 is 2.63 bits per heavy atom. The van der Waals surface area contributed by atoms with E-state index < -0.39 is 9.84 Å². The van der Waals surface area contributed by atoms with Crippen LogP contribution < -0.4 is 4.90 Å². The fourth-order valence-electron chi connectivity index (χ4n) is 4.04. The highest BCUT2D eigenvalue weighted by atomic mass is 32.2. The third-order valence-corrected chi connectivity index (χ3v) is 7.62. The second kappa shape index (κ2) is 8.47. The summed E-state index contributed by atoms with van der Waals surface area (Å²) in [5.41, 5.74) is 2.50. The molecule has 1 fully saturated rings. The van der Waals surface area contributed by atoms with E-state index in [1.165, 1.54) is 12.5 Å². The van der Waals surface area contributed by atoms with Gasteiger partial charge in [0, 0.05) is 61.8 Å². The van der Waals surface area contributed by atoms with Gasteiger partial charge in [-0.2, -0.15) is 0 Å². The van der Waals surface area contributed by atoms with Crippen LogP contribution in [0, 0.1) is 0 Å². The molecule has 1 aromatic rings. The number of pyridine rings is 1. The molecule has 8 heteroatoms. The van der Waals surface area contributed by atoms with Gasteiger partial charge in [0.2, 0.25) is 5.91 Å². The van der Waals surface area contributed by atoms with Gasteiger partial charge >= 0.3 is 0 Å². The maximum absolute atomic E-state index is 12.8. The quantitative estimate of drug-likeness (QED) is 0.601. The lowest BCUT2D eigenvalue weighted by Gasteiger charge is -2.37. The molecule has 7 nitrogen and oxygen atoms in total. The van der Waals surface area contributed by atoms with Crippen LogP contribution in [0.25, 0.3) is 11.1 Å². The maximum atomic E-state index is 12.8. The maximum Gasteiger partial charge on any atom is 0.223 e. The van der Waals surface area contributed by atoms with Crippen molar-refractivity contribution in [1.82, 2.24) is 9.88 Å². The topological polar surface area (TPSA) is 83.7 Å². The molecule has 2 aliphatic heterocycles. The van der Waals surface area contributed by atoms with Crippen LogP contribution in [0.1, 0.15) is 19.3 Å². The molecule has 1 amide bonds. The molecule has 0 radical (unpaired) electrons. The number of hydrogen-bond donors (Lipinski definition) is 0. The molecule has 0 unspecified atom stereocenters. The Bertz CT molecular complexity index is 1070. The first kappa shape index (κ1) is 20.4. The first-order valence-electron chi connectivity index (χ1n) is 10.0. The minimum atomic E-state index is -3.55. The van der Waals surface area contributed by atoms with Gasteiger partial charge in [-0.25, -0.2) is 8.42 Å². The Morgan fingerprint density at radius 2 is 1.90 bits per heavy atom. The van der Waals surface area contributed by atoms with Crippen molar-refractivity contribution < 1.29 is 17.6 Å². The highest BCUT2D eigenvalue weighted by Crippen LogP contribution is 2.32. The molecular formula is C22H25N3O4S. The summed E-state index contributed by atoms with van der Waals surface area (Å²) in [6, 6.07) is 9.05. The molecule has 1 aromatic heterocycles. The summed E-state index contributed by atoms with van der Waals surface area (Å²) in [6.07, 6.45) is 8.23. The van der Waals surface area contributed by atoms with E-state index in [0.29, 0.717) is 5.56 Å². The molecule has 0 spiro atoms. The van der Waals surface area contributed by atoms with E-state index in [4.69, 9.17) is 4.42 Å². The Kier molecular flexibility index (Phi) is 5.76. The highest BCUT2D eigenvalue weighted by Gasteiger charge is 2.28. The number of piperidine rings is 1. The summed E-state index contributed by atoms with van der Waals surface area (Å²) in [4.78, 5) is 21.0. The van der Waals surface area contributed by atoms with Crippen LogP contribution in [0.15, 0.2) is 64.6 Å². The minimum Gasteiger partial charge on any atom is -0.472 e. The van der Waals surface area contributed by atoms with Crippen molar-refractivity contribution in [2.75, 3.05) is 30.8 Å². The third-order valence-electron chi connectivity index (χ3n) is 5.85. The fraction of sp³-hybridized carbons (Fsp3) is 0.364. The summed E-state index contributed by atoms with van der Waals surface area (Å²) >= 11 is 0. The lowest BCUT2D eigenvalue weighted by Crippen LogP contribution is -2.46. The van der Waals surface area contributed by atoms with Crippen molar-refractivity contribution in [2.45, 2.75) is 30.2 Å². The smallest absolute Gasteiger partial charge is 0.223 e. The van der Waals surface area contributed by atoms with Crippen LogP contribution in [0.2, 0.25) is 0 Å². The lowest BCUT2D eigenvalue weighted by molar-refractivity contribution is -0.131. The normalized spacial score (nSPS) is 15.4. The molecule has 3 heterocycles. The third kappa shape index (κ3) is 4.18. The Hall–Kier alpha value is -2.87. The van der Waals surface area contributed by atoms with E-state index >= 15 is 0 Å². The Balaban J connectivity index is 1.33. The van der Waals surface area contributed by atoms with Gasteiger partial charge in [-0.1, -0.05) is 0 Å². The summed E-state index contributed by atoms with van der Waals surface area (Å²) < 4.78 is 30.7. The molecule has 0 atom stereocenters. The summed E-state index contributed by atoms with van der Waals surface area (Å²) in [7, 11) is -1.77. The second-order valence-electron chi connectivity index (χ2n) is 7.62. The highest BCUT2D eigenvalue weighted by molar-refractivity contribution is 7.91. The van der Waals surface area contributed by atoms with Crippen LogP contribution in [0.3, 0.4) is 0 Å². The zero-order valence-corrected chi connectivity index (χ0v) is 17.7. The van der Waals surface area contributed by atoms with Crippen molar-refractivity contribution in [3.63, 3.8) is 0 Å². The monoisotopic (exact) mass is 427 g/mol. The zero-order chi connectivity index (χ0) is 21.1. The number of fused-ring (bicyclic) bond motifs is 1. The van der Waals surface area contributed by atoms with Gasteiger partial charge in [-0.05, 0) is 43.2 Å². The standard InChI is InChI=1S/C22H25N3O4S/c1-24(18-6-12-25(13-7-18)19-4-10-23-11-5-19)22(26)9-15-30(27,28)21-3-2-17-16-29-14-8-20(17)21/h2-5,8,10-11,14,16,18H,6-7,9,12-13,15H2,1H3. The second-order valence-corrected chi connectivity index (χ2v) is 9.70. The molecule has 4 rings (SSSR count). The van der Waals surface area contributed by atoms with E-state index in [1.54, 1.807) is 42.5 Å². The molecule has 30 heavy (non-hydrogen) atoms. The van der Waals surface area contributed by atoms with Gasteiger partial charge in [-0.3, -0.25) is 9.78 Å². The van der Waals surface area contributed by atoms with Gasteiger partial charge in [0.1, 0.15) is 0 Å². The number of rotatable bonds is 6. The average Bonchev–Trinajstić information content (AvgIpc) is 3.23. The molecular weight excluding hydrogens is 402 g/mol. The van der Waals surface area contributed by atoms with Gasteiger partial charge in [0.05, 0.1) is 23.2 Å². The molecule has 0 aromatic carbocycles. The number of aromatic nitrogens is 1. The first-order valence-corrected chi connectivity index (χ1v) is 11.7. The summed E-state index contributed by atoms with van der Waals surface area (Å²) in [5.74, 6) is -0.330. The van der Waals surface area contributed by atoms with Crippen molar-refractivity contribution >= 4 is 21.4 Å². The molecule has 0 saturated carbocycles. The van der Waals surface area contributed by atoms with Crippen molar-refractivity contribution in [3.8, 4) is 11.1 Å². The number of nitrogens with zero attached hydrogens (tertiary/aromatic N) is 3. The molecule has 1 saturated heterocycles.